The van der Waals surface area contributed by atoms with Crippen LogP contribution in [-0.2, 0) is 4.79 Å². The topological polar surface area (TPSA) is 55.1 Å². The standard InChI is InChI=1S/C9H8BrCl2NO.C6H5BrClN/c10-7-5-6(1-2-8(7)12)13-9(14)3-4-11;7-5-3-4(9)1-2-6(5)8/h1-2,5H,3-4H2,(H,13,14);1-3H,9H2. The van der Waals surface area contributed by atoms with E-state index in [1.54, 1.807) is 36.4 Å². The van der Waals surface area contributed by atoms with Gasteiger partial charge in [-0.1, -0.05) is 23.2 Å². The summed E-state index contributed by atoms with van der Waals surface area (Å²) in [7, 11) is 0. The molecule has 8 heteroatoms. The molecule has 0 heterocycles. The number of hydrogen-bond acceptors (Lipinski definition) is 2. The Bertz CT molecular complexity index is 684. The summed E-state index contributed by atoms with van der Waals surface area (Å²) in [6, 6.07) is 10.5. The number of halogens is 5. The van der Waals surface area contributed by atoms with Crippen molar-refractivity contribution in [3.63, 3.8) is 0 Å². The van der Waals surface area contributed by atoms with Gasteiger partial charge in [-0.05, 0) is 68.3 Å². The van der Waals surface area contributed by atoms with Gasteiger partial charge >= 0.3 is 0 Å². The minimum absolute atomic E-state index is 0.103. The van der Waals surface area contributed by atoms with Crippen LogP contribution in [0.5, 0.6) is 0 Å². The highest BCUT2D eigenvalue weighted by molar-refractivity contribution is 9.10. The lowest BCUT2D eigenvalue weighted by atomic mass is 10.3. The van der Waals surface area contributed by atoms with Crippen molar-refractivity contribution in [2.45, 2.75) is 6.42 Å². The molecule has 0 radical (unpaired) electrons. The van der Waals surface area contributed by atoms with Gasteiger partial charge in [-0.2, -0.15) is 0 Å². The van der Waals surface area contributed by atoms with Gasteiger partial charge in [0.05, 0.1) is 10.0 Å². The van der Waals surface area contributed by atoms with Crippen LogP contribution in [0.15, 0.2) is 45.3 Å². The lowest BCUT2D eigenvalue weighted by Gasteiger charge is -2.04. The summed E-state index contributed by atoms with van der Waals surface area (Å²) in [5.41, 5.74) is 6.86. The average Bonchev–Trinajstić information content (AvgIpc) is 2.48. The normalized spacial score (nSPS) is 9.78. The largest absolute Gasteiger partial charge is 0.399 e. The van der Waals surface area contributed by atoms with Crippen molar-refractivity contribution < 1.29 is 4.79 Å². The number of nitrogens with two attached hydrogens (primary N) is 1. The molecule has 1 amide bonds. The molecule has 0 aliphatic carbocycles. The molecule has 2 rings (SSSR count). The van der Waals surface area contributed by atoms with Gasteiger partial charge in [0.15, 0.2) is 0 Å². The first-order chi connectivity index (χ1) is 10.8. The second-order valence-corrected chi connectivity index (χ2v) is 7.19. The highest BCUT2D eigenvalue weighted by atomic mass is 79.9. The van der Waals surface area contributed by atoms with Gasteiger partial charge in [-0.25, -0.2) is 0 Å². The number of hydrogen-bond donors (Lipinski definition) is 2. The molecule has 0 saturated carbocycles. The van der Waals surface area contributed by atoms with Crippen molar-refractivity contribution in [3.05, 3.63) is 55.4 Å². The van der Waals surface area contributed by atoms with Crippen molar-refractivity contribution in [2.24, 2.45) is 0 Å². The molecule has 0 fully saturated rings. The maximum absolute atomic E-state index is 11.2. The Morgan fingerprint density at radius 2 is 1.61 bits per heavy atom. The molecule has 0 spiro atoms. The smallest absolute Gasteiger partial charge is 0.225 e. The van der Waals surface area contributed by atoms with Crippen molar-refractivity contribution >= 4 is 83.9 Å². The predicted octanol–water partition coefficient (Wildman–Crippen LogP) is 6.35. The summed E-state index contributed by atoms with van der Waals surface area (Å²) < 4.78 is 1.59. The van der Waals surface area contributed by atoms with Crippen LogP contribution < -0.4 is 11.1 Å². The number of nitrogen functional groups attached to an aromatic ring is 1. The van der Waals surface area contributed by atoms with E-state index in [4.69, 9.17) is 40.5 Å². The molecule has 0 aliphatic rings. The number of carbonyl (C=O) groups is 1. The maximum atomic E-state index is 11.2. The fourth-order valence-electron chi connectivity index (χ4n) is 1.40. The second-order valence-electron chi connectivity index (χ2n) is 4.29. The van der Waals surface area contributed by atoms with Crippen molar-refractivity contribution in [1.29, 1.82) is 0 Å². The minimum Gasteiger partial charge on any atom is -0.399 e. The molecule has 2 aromatic carbocycles. The number of alkyl halides is 1. The first kappa shape index (κ1) is 20.6. The van der Waals surface area contributed by atoms with E-state index in [1.807, 2.05) is 0 Å². The zero-order valence-electron chi connectivity index (χ0n) is 11.8. The number of anilines is 2. The van der Waals surface area contributed by atoms with E-state index in [2.05, 4.69) is 37.2 Å². The third-order valence-corrected chi connectivity index (χ3v) is 5.09. The van der Waals surface area contributed by atoms with Crippen molar-refractivity contribution in [1.82, 2.24) is 0 Å². The van der Waals surface area contributed by atoms with E-state index in [-0.39, 0.29) is 5.91 Å². The lowest BCUT2D eigenvalue weighted by molar-refractivity contribution is -0.115. The van der Waals surface area contributed by atoms with E-state index >= 15 is 0 Å². The monoisotopic (exact) mass is 500 g/mol. The van der Waals surface area contributed by atoms with E-state index in [1.165, 1.54) is 0 Å². The number of rotatable bonds is 3. The number of amides is 1. The molecule has 0 aliphatic heterocycles. The third-order valence-electron chi connectivity index (χ3n) is 2.47. The summed E-state index contributed by atoms with van der Waals surface area (Å²) >= 11 is 23.4. The number of nitrogens with one attached hydrogen (secondary N) is 1. The number of benzene rings is 2. The van der Waals surface area contributed by atoms with Crippen LogP contribution in [0.3, 0.4) is 0 Å². The zero-order chi connectivity index (χ0) is 17.4. The average molecular weight is 503 g/mol. The molecular weight excluding hydrogens is 490 g/mol. The van der Waals surface area contributed by atoms with Gasteiger partial charge in [0.25, 0.3) is 0 Å². The molecule has 0 atom stereocenters. The van der Waals surface area contributed by atoms with Gasteiger partial charge in [0.2, 0.25) is 5.91 Å². The van der Waals surface area contributed by atoms with Crippen molar-refractivity contribution in [2.75, 3.05) is 16.9 Å². The van der Waals surface area contributed by atoms with E-state index < -0.39 is 0 Å². The molecular formula is C15H13Br2Cl3N2O. The molecule has 0 saturated heterocycles. The van der Waals surface area contributed by atoms with Crippen LogP contribution in [-0.4, -0.2) is 11.8 Å². The van der Waals surface area contributed by atoms with Gasteiger partial charge < -0.3 is 11.1 Å². The fourth-order valence-corrected chi connectivity index (χ4v) is 2.58. The zero-order valence-corrected chi connectivity index (χ0v) is 17.2. The molecule has 124 valence electrons. The number of carbonyl (C=O) groups excluding carboxylic acids is 1. The fraction of sp³-hybridized carbons (Fsp3) is 0.133. The van der Waals surface area contributed by atoms with Crippen molar-refractivity contribution in [3.8, 4) is 0 Å². The van der Waals surface area contributed by atoms with Gasteiger partial charge in [-0.15, -0.1) is 11.6 Å². The summed E-state index contributed by atoms with van der Waals surface area (Å²) in [4.78, 5) is 11.2. The summed E-state index contributed by atoms with van der Waals surface area (Å²) in [5.74, 6) is 0.217. The quantitative estimate of drug-likeness (QED) is 0.379. The molecule has 0 unspecified atom stereocenters. The second kappa shape index (κ2) is 10.4. The molecule has 0 aromatic heterocycles. The lowest BCUT2D eigenvalue weighted by Crippen LogP contribution is -2.11. The van der Waals surface area contributed by atoms with Crippen LogP contribution >= 0.6 is 66.7 Å². The minimum atomic E-state index is -0.103. The van der Waals surface area contributed by atoms with Gasteiger partial charge in [0, 0.05) is 32.6 Å². The highest BCUT2D eigenvalue weighted by Crippen LogP contribution is 2.25. The third kappa shape index (κ3) is 7.77. The van der Waals surface area contributed by atoms with E-state index in [0.717, 1.165) is 8.95 Å². The SMILES string of the molecule is Nc1ccc(Cl)c(Br)c1.O=C(CCCl)Nc1ccc(Cl)c(Br)c1. The first-order valence-corrected chi connectivity index (χ1v) is 9.22. The Balaban J connectivity index is 0.000000253. The van der Waals surface area contributed by atoms with Gasteiger partial charge in [-0.3, -0.25) is 4.79 Å². The molecule has 3 nitrogen and oxygen atoms in total. The van der Waals surface area contributed by atoms with E-state index in [9.17, 15) is 4.79 Å². The van der Waals surface area contributed by atoms with Crippen LogP contribution in [0.4, 0.5) is 11.4 Å². The van der Waals surface area contributed by atoms with Crippen LogP contribution in [0, 0.1) is 0 Å². The summed E-state index contributed by atoms with van der Waals surface area (Å²) in [6.45, 7) is 0. The Labute approximate surface area is 166 Å². The maximum Gasteiger partial charge on any atom is 0.225 e. The van der Waals surface area contributed by atoms with Crippen LogP contribution in [0.2, 0.25) is 10.0 Å². The molecule has 23 heavy (non-hydrogen) atoms. The predicted molar refractivity (Wildman–Crippen MR) is 107 cm³/mol. The Kier molecular flexibility index (Phi) is 9.32. The van der Waals surface area contributed by atoms with Crippen LogP contribution in [0.1, 0.15) is 6.42 Å². The molecule has 2 aromatic rings. The summed E-state index contributed by atoms with van der Waals surface area (Å²) in [5, 5.41) is 3.99. The van der Waals surface area contributed by atoms with Crippen LogP contribution in [0.25, 0.3) is 0 Å². The van der Waals surface area contributed by atoms with Gasteiger partial charge in [0.1, 0.15) is 0 Å². The first-order valence-electron chi connectivity index (χ1n) is 6.35. The Morgan fingerprint density at radius 3 is 2.09 bits per heavy atom. The molecule has 0 bridgehead atoms. The van der Waals surface area contributed by atoms with E-state index in [0.29, 0.717) is 33.7 Å². The Morgan fingerprint density at radius 1 is 1.04 bits per heavy atom. The summed E-state index contributed by atoms with van der Waals surface area (Å²) in [6.07, 6.45) is 0.307. The highest BCUT2D eigenvalue weighted by Gasteiger charge is 2.03. The Hall–Kier alpha value is -0.460. The molecule has 3 N–H and O–H groups in total.